The zero-order chi connectivity index (χ0) is 15.2. The van der Waals surface area contributed by atoms with E-state index in [0.29, 0.717) is 11.1 Å². The summed E-state index contributed by atoms with van der Waals surface area (Å²) in [6, 6.07) is 13.2. The molecule has 104 valence electrons. The topological polar surface area (TPSA) is 88.5 Å². The Hall–Kier alpha value is -3.20. The molecule has 0 unspecified atom stereocenters. The Bertz CT molecular complexity index is 733. The predicted molar refractivity (Wildman–Crippen MR) is 73.7 cm³/mol. The Morgan fingerprint density at radius 2 is 1.90 bits per heavy atom. The van der Waals surface area contributed by atoms with Crippen LogP contribution in [0.1, 0.15) is 21.5 Å². The third kappa shape index (κ3) is 3.64. The lowest BCUT2D eigenvalue weighted by Gasteiger charge is -2.01. The molecule has 6 heteroatoms. The maximum absolute atomic E-state index is 12.8. The van der Waals surface area contributed by atoms with Crippen molar-refractivity contribution in [1.29, 1.82) is 5.26 Å². The number of halogens is 1. The average molecular weight is 283 g/mol. The lowest BCUT2D eigenvalue weighted by Crippen LogP contribution is -2.15. The second-order valence-corrected chi connectivity index (χ2v) is 4.05. The molecule has 5 nitrogen and oxygen atoms in total. The molecule has 0 saturated heterocycles. The van der Waals surface area contributed by atoms with Crippen LogP contribution in [0.15, 0.2) is 53.7 Å². The largest absolute Gasteiger partial charge is 0.380 e. The highest BCUT2D eigenvalue weighted by Crippen LogP contribution is 2.07. The standard InChI is InChI=1S/C15H10FN3O2/c16-13-6-4-11(5-7-13)14(18)19-21-15(20)12-3-1-2-10(8-12)9-17/h1-8H,(H2,18,19). The number of amidine groups is 1. The number of nitrogens with zero attached hydrogens (tertiary/aromatic N) is 2. The van der Waals surface area contributed by atoms with Gasteiger partial charge >= 0.3 is 5.97 Å². The van der Waals surface area contributed by atoms with Crippen molar-refractivity contribution in [2.75, 3.05) is 0 Å². The zero-order valence-electron chi connectivity index (χ0n) is 10.8. The molecule has 0 bridgehead atoms. The molecule has 0 aliphatic carbocycles. The van der Waals surface area contributed by atoms with Gasteiger partial charge in [0.2, 0.25) is 0 Å². The molecule has 2 aromatic rings. The number of rotatable bonds is 3. The van der Waals surface area contributed by atoms with E-state index in [9.17, 15) is 9.18 Å². The molecule has 0 aliphatic heterocycles. The van der Waals surface area contributed by atoms with Crippen LogP contribution in [0.5, 0.6) is 0 Å². The Kier molecular flexibility index (Phi) is 4.26. The minimum Gasteiger partial charge on any atom is -0.380 e. The highest BCUT2D eigenvalue weighted by molar-refractivity contribution is 5.98. The molecule has 2 N–H and O–H groups in total. The third-order valence-electron chi connectivity index (χ3n) is 2.59. The molecular formula is C15H10FN3O2. The summed E-state index contributed by atoms with van der Waals surface area (Å²) < 4.78 is 12.8. The van der Waals surface area contributed by atoms with Crippen molar-refractivity contribution in [3.05, 3.63) is 71.0 Å². The van der Waals surface area contributed by atoms with E-state index in [4.69, 9.17) is 15.8 Å². The second-order valence-electron chi connectivity index (χ2n) is 4.05. The molecule has 0 atom stereocenters. The number of carbonyl (C=O) groups is 1. The van der Waals surface area contributed by atoms with Crippen molar-refractivity contribution in [2.24, 2.45) is 10.9 Å². The maximum atomic E-state index is 12.8. The predicted octanol–water partition coefficient (Wildman–Crippen LogP) is 2.17. The van der Waals surface area contributed by atoms with Gasteiger partial charge in [-0.05, 0) is 42.5 Å². The summed E-state index contributed by atoms with van der Waals surface area (Å²) >= 11 is 0. The van der Waals surface area contributed by atoms with Gasteiger partial charge in [-0.25, -0.2) is 9.18 Å². The summed E-state index contributed by atoms with van der Waals surface area (Å²) in [5, 5.41) is 12.2. The fourth-order valence-electron chi connectivity index (χ4n) is 1.53. The number of hydrogen-bond acceptors (Lipinski definition) is 4. The Morgan fingerprint density at radius 3 is 2.57 bits per heavy atom. The summed E-state index contributed by atoms with van der Waals surface area (Å²) in [7, 11) is 0. The van der Waals surface area contributed by atoms with Crippen LogP contribution in [-0.4, -0.2) is 11.8 Å². The van der Waals surface area contributed by atoms with E-state index in [1.54, 1.807) is 12.1 Å². The summed E-state index contributed by atoms with van der Waals surface area (Å²) in [6.45, 7) is 0. The van der Waals surface area contributed by atoms with Crippen molar-refractivity contribution >= 4 is 11.8 Å². The number of oxime groups is 1. The Balaban J connectivity index is 2.10. The summed E-state index contributed by atoms with van der Waals surface area (Å²) in [5.74, 6) is -1.20. The highest BCUT2D eigenvalue weighted by Gasteiger charge is 2.08. The average Bonchev–Trinajstić information content (AvgIpc) is 2.53. The number of nitriles is 1. The smallest absolute Gasteiger partial charge is 0.365 e. The third-order valence-corrected chi connectivity index (χ3v) is 2.59. The van der Waals surface area contributed by atoms with E-state index < -0.39 is 11.8 Å². The fraction of sp³-hybridized carbons (Fsp3) is 0. The van der Waals surface area contributed by atoms with Crippen LogP contribution in [0.3, 0.4) is 0 Å². The highest BCUT2D eigenvalue weighted by atomic mass is 19.1. The van der Waals surface area contributed by atoms with Crippen molar-refractivity contribution in [2.45, 2.75) is 0 Å². The van der Waals surface area contributed by atoms with Gasteiger partial charge in [-0.3, -0.25) is 0 Å². The van der Waals surface area contributed by atoms with Gasteiger partial charge in [0.1, 0.15) is 5.82 Å². The van der Waals surface area contributed by atoms with Gasteiger partial charge in [-0.2, -0.15) is 5.26 Å². The van der Waals surface area contributed by atoms with Crippen LogP contribution in [0.2, 0.25) is 0 Å². The molecule has 0 heterocycles. The molecule has 0 radical (unpaired) electrons. The van der Waals surface area contributed by atoms with Crippen LogP contribution in [0.25, 0.3) is 0 Å². The number of carbonyl (C=O) groups excluding carboxylic acids is 1. The van der Waals surface area contributed by atoms with Gasteiger partial charge in [-0.1, -0.05) is 11.2 Å². The minimum atomic E-state index is -0.739. The second kappa shape index (κ2) is 6.30. The minimum absolute atomic E-state index is 0.0558. The van der Waals surface area contributed by atoms with Gasteiger partial charge in [0.05, 0.1) is 17.2 Å². The first-order valence-electron chi connectivity index (χ1n) is 5.91. The first-order valence-corrected chi connectivity index (χ1v) is 5.91. The van der Waals surface area contributed by atoms with Crippen LogP contribution in [0.4, 0.5) is 4.39 Å². The van der Waals surface area contributed by atoms with Crippen molar-refractivity contribution in [3.63, 3.8) is 0 Å². The molecule has 0 saturated carbocycles. The molecule has 0 fully saturated rings. The van der Waals surface area contributed by atoms with Gasteiger partial charge in [0, 0.05) is 5.56 Å². The summed E-state index contributed by atoms with van der Waals surface area (Å²) in [5.41, 5.74) is 6.57. The summed E-state index contributed by atoms with van der Waals surface area (Å²) in [6.07, 6.45) is 0. The number of nitrogens with two attached hydrogens (primary N) is 1. The normalized spacial score (nSPS) is 10.8. The lowest BCUT2D eigenvalue weighted by atomic mass is 10.1. The molecule has 21 heavy (non-hydrogen) atoms. The van der Waals surface area contributed by atoms with E-state index in [1.165, 1.54) is 36.4 Å². The number of benzene rings is 2. The first-order chi connectivity index (χ1) is 10.1. The van der Waals surface area contributed by atoms with Crippen LogP contribution < -0.4 is 5.73 Å². The van der Waals surface area contributed by atoms with Crippen molar-refractivity contribution < 1.29 is 14.0 Å². The quantitative estimate of drug-likeness (QED) is 0.404. The fourth-order valence-corrected chi connectivity index (χ4v) is 1.53. The van der Waals surface area contributed by atoms with Crippen molar-refractivity contribution in [3.8, 4) is 6.07 Å². The van der Waals surface area contributed by atoms with E-state index in [-0.39, 0.29) is 11.4 Å². The first kappa shape index (κ1) is 14.2. The zero-order valence-corrected chi connectivity index (χ0v) is 10.8. The van der Waals surface area contributed by atoms with Crippen LogP contribution in [-0.2, 0) is 4.84 Å². The Labute approximate surface area is 120 Å². The molecule has 0 spiro atoms. The maximum Gasteiger partial charge on any atom is 0.365 e. The van der Waals surface area contributed by atoms with E-state index in [0.717, 1.165) is 0 Å². The monoisotopic (exact) mass is 283 g/mol. The van der Waals surface area contributed by atoms with E-state index >= 15 is 0 Å². The van der Waals surface area contributed by atoms with E-state index in [2.05, 4.69) is 5.16 Å². The van der Waals surface area contributed by atoms with Gasteiger partial charge in [0.15, 0.2) is 5.84 Å². The molecule has 2 rings (SSSR count). The van der Waals surface area contributed by atoms with Crippen LogP contribution in [0, 0.1) is 17.1 Å². The van der Waals surface area contributed by atoms with Crippen LogP contribution >= 0.6 is 0 Å². The molecule has 0 aromatic heterocycles. The molecule has 2 aromatic carbocycles. The number of hydrogen-bond donors (Lipinski definition) is 1. The summed E-state index contributed by atoms with van der Waals surface area (Å²) in [4.78, 5) is 16.4. The Morgan fingerprint density at radius 1 is 1.19 bits per heavy atom. The molecule has 0 aliphatic rings. The van der Waals surface area contributed by atoms with Gasteiger partial charge in [-0.15, -0.1) is 0 Å². The molecular weight excluding hydrogens is 273 g/mol. The lowest BCUT2D eigenvalue weighted by molar-refractivity contribution is 0.0516. The SMILES string of the molecule is N#Cc1cccc(C(=O)O/N=C(\N)c2ccc(F)cc2)c1. The molecule has 0 amide bonds. The van der Waals surface area contributed by atoms with Crippen molar-refractivity contribution in [1.82, 2.24) is 0 Å². The van der Waals surface area contributed by atoms with Gasteiger partial charge < -0.3 is 10.6 Å². The van der Waals surface area contributed by atoms with E-state index in [1.807, 2.05) is 6.07 Å². The van der Waals surface area contributed by atoms with Gasteiger partial charge in [0.25, 0.3) is 0 Å².